The smallest absolute Gasteiger partial charge is 0.170 e. The van der Waals surface area contributed by atoms with Crippen LogP contribution in [0.1, 0.15) is 17.5 Å². The Labute approximate surface area is 165 Å². The minimum Gasteiger partial charge on any atom is -0.496 e. The molecule has 1 aliphatic carbocycles. The Morgan fingerprint density at radius 1 is 1.18 bits per heavy atom. The quantitative estimate of drug-likeness (QED) is 0.317. The largest absolute Gasteiger partial charge is 0.496 e. The Morgan fingerprint density at radius 2 is 1.86 bits per heavy atom. The minimum absolute atomic E-state index is 0.230. The second-order valence-corrected chi connectivity index (χ2v) is 6.66. The zero-order valence-electron chi connectivity index (χ0n) is 15.0. The molecule has 7 heteroatoms. The van der Waals surface area contributed by atoms with Crippen molar-refractivity contribution < 1.29 is 18.7 Å². The molecule has 1 aliphatic rings. The fourth-order valence-electron chi connectivity index (χ4n) is 3.19. The summed E-state index contributed by atoms with van der Waals surface area (Å²) in [5, 5.41) is 12.5. The number of nitrogens with two attached hydrogens (primary N) is 1. The summed E-state index contributed by atoms with van der Waals surface area (Å²) in [6.45, 7) is 3.99. The molecule has 28 heavy (non-hydrogen) atoms. The third-order valence-electron chi connectivity index (χ3n) is 4.39. The van der Waals surface area contributed by atoms with Crippen molar-refractivity contribution in [3.63, 3.8) is 0 Å². The van der Waals surface area contributed by atoms with Crippen molar-refractivity contribution >= 4 is 23.0 Å². The highest BCUT2D eigenvalue weighted by Gasteiger charge is 2.21. The molecule has 0 saturated heterocycles. The molecule has 4 nitrogen and oxygen atoms in total. The van der Waals surface area contributed by atoms with E-state index < -0.39 is 11.6 Å². The number of allylic oxidation sites excluding steroid dienone is 4. The summed E-state index contributed by atoms with van der Waals surface area (Å²) in [7, 11) is 1.55. The number of oxime groups is 1. The molecule has 0 aliphatic heterocycles. The maximum Gasteiger partial charge on any atom is 0.170 e. The van der Waals surface area contributed by atoms with E-state index in [2.05, 4.69) is 11.7 Å². The zero-order chi connectivity index (χ0) is 20.4. The van der Waals surface area contributed by atoms with Gasteiger partial charge in [0.2, 0.25) is 0 Å². The lowest BCUT2D eigenvalue weighted by Crippen LogP contribution is -2.16. The third kappa shape index (κ3) is 3.77. The molecule has 144 valence electrons. The molecule has 0 heterocycles. The first-order chi connectivity index (χ1) is 13.3. The fourth-order valence-corrected chi connectivity index (χ4v) is 3.41. The van der Waals surface area contributed by atoms with E-state index >= 15 is 0 Å². The Kier molecular flexibility index (Phi) is 5.51. The molecule has 0 spiro atoms. The zero-order valence-corrected chi connectivity index (χ0v) is 15.7. The van der Waals surface area contributed by atoms with Gasteiger partial charge >= 0.3 is 0 Å². The molecule has 3 N–H and O–H groups in total. The number of benzene rings is 2. The fraction of sp³-hybridized carbons (Fsp3) is 0.0952. The van der Waals surface area contributed by atoms with Gasteiger partial charge in [0.05, 0.1) is 7.11 Å². The normalized spacial score (nSPS) is 14.6. The van der Waals surface area contributed by atoms with Crippen LogP contribution in [0.15, 0.2) is 65.6 Å². The SMILES string of the molecule is C=C1CC(c2cc(Cl)cc(C(N)=NO)c2-c2cc(F)cc(F)c2)=CC=C1OC. The van der Waals surface area contributed by atoms with Gasteiger partial charge in [-0.1, -0.05) is 29.4 Å². The van der Waals surface area contributed by atoms with E-state index in [-0.39, 0.29) is 17.0 Å². The van der Waals surface area contributed by atoms with E-state index in [9.17, 15) is 14.0 Å². The maximum atomic E-state index is 13.9. The highest BCUT2D eigenvalue weighted by molar-refractivity contribution is 6.31. The predicted octanol–water partition coefficient (Wildman–Crippen LogP) is 5.25. The number of amidine groups is 1. The lowest BCUT2D eigenvalue weighted by molar-refractivity contribution is 0.299. The van der Waals surface area contributed by atoms with Gasteiger partial charge in [-0.15, -0.1) is 0 Å². The number of nitrogens with zero attached hydrogens (tertiary/aromatic N) is 1. The van der Waals surface area contributed by atoms with Crippen molar-refractivity contribution in [2.24, 2.45) is 10.9 Å². The van der Waals surface area contributed by atoms with Gasteiger partial charge in [0.15, 0.2) is 5.84 Å². The van der Waals surface area contributed by atoms with E-state index in [1.54, 1.807) is 19.3 Å². The van der Waals surface area contributed by atoms with E-state index in [0.29, 0.717) is 28.3 Å². The van der Waals surface area contributed by atoms with Crippen LogP contribution >= 0.6 is 11.6 Å². The van der Waals surface area contributed by atoms with Crippen molar-refractivity contribution in [3.8, 4) is 11.1 Å². The van der Waals surface area contributed by atoms with Gasteiger partial charge in [-0.3, -0.25) is 0 Å². The lowest BCUT2D eigenvalue weighted by Gasteiger charge is -2.21. The van der Waals surface area contributed by atoms with Gasteiger partial charge in [0.25, 0.3) is 0 Å². The molecule has 0 amide bonds. The highest BCUT2D eigenvalue weighted by Crippen LogP contribution is 2.40. The second kappa shape index (κ2) is 7.86. The first-order valence-corrected chi connectivity index (χ1v) is 8.63. The second-order valence-electron chi connectivity index (χ2n) is 6.23. The van der Waals surface area contributed by atoms with Gasteiger partial charge in [0, 0.05) is 28.6 Å². The molecule has 2 aromatic carbocycles. The van der Waals surface area contributed by atoms with E-state index in [0.717, 1.165) is 17.2 Å². The molecule has 0 saturated carbocycles. The van der Waals surface area contributed by atoms with Crippen LogP contribution in [0.3, 0.4) is 0 Å². The first-order valence-electron chi connectivity index (χ1n) is 8.25. The number of methoxy groups -OCH3 is 1. The van der Waals surface area contributed by atoms with Crippen LogP contribution in [0.25, 0.3) is 16.7 Å². The van der Waals surface area contributed by atoms with Crippen molar-refractivity contribution in [1.82, 2.24) is 0 Å². The molecular weight excluding hydrogens is 386 g/mol. The number of rotatable bonds is 4. The van der Waals surface area contributed by atoms with Crippen LogP contribution in [-0.4, -0.2) is 18.2 Å². The van der Waals surface area contributed by atoms with Gasteiger partial charge in [-0.25, -0.2) is 8.78 Å². The Bertz CT molecular complexity index is 1040. The molecule has 3 rings (SSSR count). The molecule has 2 aromatic rings. The summed E-state index contributed by atoms with van der Waals surface area (Å²) < 4.78 is 33.1. The summed E-state index contributed by atoms with van der Waals surface area (Å²) in [6, 6.07) is 6.28. The van der Waals surface area contributed by atoms with E-state index in [1.807, 2.05) is 6.08 Å². The molecule has 0 bridgehead atoms. The van der Waals surface area contributed by atoms with Crippen LogP contribution in [-0.2, 0) is 4.74 Å². The van der Waals surface area contributed by atoms with Crippen LogP contribution in [0.4, 0.5) is 8.78 Å². The monoisotopic (exact) mass is 402 g/mol. The van der Waals surface area contributed by atoms with Crippen LogP contribution in [0.5, 0.6) is 0 Å². The highest BCUT2D eigenvalue weighted by atomic mass is 35.5. The van der Waals surface area contributed by atoms with Crippen LogP contribution in [0, 0.1) is 11.6 Å². The van der Waals surface area contributed by atoms with Crippen molar-refractivity contribution in [2.45, 2.75) is 6.42 Å². The number of hydrogen-bond donors (Lipinski definition) is 2. The summed E-state index contributed by atoms with van der Waals surface area (Å²) in [5.74, 6) is -1.08. The lowest BCUT2D eigenvalue weighted by atomic mass is 9.85. The Balaban J connectivity index is 2.34. The molecular formula is C21H17ClF2N2O2. The Morgan fingerprint density at radius 3 is 2.43 bits per heavy atom. The summed E-state index contributed by atoms with van der Waals surface area (Å²) >= 11 is 6.25. The average molecular weight is 403 g/mol. The topological polar surface area (TPSA) is 67.8 Å². The van der Waals surface area contributed by atoms with Gasteiger partial charge in [-0.05, 0) is 52.6 Å². The van der Waals surface area contributed by atoms with Crippen molar-refractivity contribution in [2.75, 3.05) is 7.11 Å². The molecule has 0 fully saturated rings. The van der Waals surface area contributed by atoms with Crippen LogP contribution in [0.2, 0.25) is 5.02 Å². The first kappa shape index (κ1) is 19.6. The average Bonchev–Trinajstić information content (AvgIpc) is 2.65. The summed E-state index contributed by atoms with van der Waals surface area (Å²) in [4.78, 5) is 0. The number of hydrogen-bond acceptors (Lipinski definition) is 3. The van der Waals surface area contributed by atoms with Gasteiger partial charge in [-0.2, -0.15) is 0 Å². The van der Waals surface area contributed by atoms with Crippen molar-refractivity contribution in [1.29, 1.82) is 0 Å². The van der Waals surface area contributed by atoms with Gasteiger partial charge < -0.3 is 15.7 Å². The van der Waals surface area contributed by atoms with Crippen molar-refractivity contribution in [3.05, 3.63) is 88.2 Å². The van der Waals surface area contributed by atoms with E-state index in [1.165, 1.54) is 18.2 Å². The summed E-state index contributed by atoms with van der Waals surface area (Å²) in [5.41, 5.74) is 8.83. The maximum absolute atomic E-state index is 13.9. The molecule has 0 unspecified atom stereocenters. The molecule has 0 atom stereocenters. The van der Waals surface area contributed by atoms with Crippen LogP contribution < -0.4 is 5.73 Å². The standard InChI is InChI=1S/C21H17ClF2N2O2/c1-11-5-12(3-4-19(11)28-2)17-8-14(22)9-18(21(25)26-27)20(17)13-6-15(23)10-16(24)7-13/h3-4,6-10,27H,1,5H2,2H3,(H2,25,26). The number of halogens is 3. The molecule has 0 aromatic heterocycles. The third-order valence-corrected chi connectivity index (χ3v) is 4.61. The minimum atomic E-state index is -0.745. The predicted molar refractivity (Wildman–Crippen MR) is 106 cm³/mol. The molecule has 0 radical (unpaired) electrons. The van der Waals surface area contributed by atoms with E-state index in [4.69, 9.17) is 22.1 Å². The number of ether oxygens (including phenoxy) is 1. The van der Waals surface area contributed by atoms with Gasteiger partial charge in [0.1, 0.15) is 17.4 Å². The Hall–Kier alpha value is -3.12. The summed E-state index contributed by atoms with van der Waals surface area (Å²) in [6.07, 6.45) is 4.00.